The van der Waals surface area contributed by atoms with Crippen LogP contribution in [-0.2, 0) is 16.5 Å². The van der Waals surface area contributed by atoms with E-state index in [-0.39, 0.29) is 40.2 Å². The van der Waals surface area contributed by atoms with Gasteiger partial charge in [-0.15, -0.1) is 5.75 Å². The van der Waals surface area contributed by atoms with Crippen molar-refractivity contribution in [3.05, 3.63) is 48.0 Å². The maximum atomic E-state index is 11.9. The molecule has 7 heteroatoms. The second-order valence-electron chi connectivity index (χ2n) is 7.09. The van der Waals surface area contributed by atoms with Crippen LogP contribution in [0.5, 0.6) is 17.2 Å². The molecule has 0 aromatic heterocycles. The first-order chi connectivity index (χ1) is 13.4. The van der Waals surface area contributed by atoms with Gasteiger partial charge in [-0.05, 0) is 54.8 Å². The topological polar surface area (TPSA) is 86.7 Å². The van der Waals surface area contributed by atoms with E-state index < -0.39 is 10.1 Å². The Morgan fingerprint density at radius 2 is 1.45 bits per heavy atom. The third-order valence-corrected chi connectivity index (χ3v) is 5.48. The van der Waals surface area contributed by atoms with Crippen molar-refractivity contribution in [3.8, 4) is 17.2 Å². The van der Waals surface area contributed by atoms with Gasteiger partial charge in [-0.25, -0.2) is 0 Å². The van der Waals surface area contributed by atoms with Crippen molar-refractivity contribution in [2.24, 2.45) is 0 Å². The zero-order chi connectivity index (χ0) is 20.4. The van der Waals surface area contributed by atoms with Gasteiger partial charge in [0.2, 0.25) is 0 Å². The maximum Gasteiger partial charge on any atom is 1.00 e. The zero-order valence-electron chi connectivity index (χ0n) is 17.4. The summed E-state index contributed by atoms with van der Waals surface area (Å²) in [6, 6.07) is 10.3. The molecule has 1 N–H and O–H groups in total. The van der Waals surface area contributed by atoms with Crippen LogP contribution in [0.4, 0.5) is 0 Å². The van der Waals surface area contributed by atoms with Gasteiger partial charge in [0.25, 0.3) is 10.1 Å². The molecule has 0 atom stereocenters. The Hall–Kier alpha value is -1.05. The molecule has 0 spiro atoms. The summed E-state index contributed by atoms with van der Waals surface area (Å²) in [6.07, 6.45) is 10.7. The first kappa shape index (κ1) is 26.0. The Morgan fingerprint density at radius 1 is 0.862 bits per heavy atom. The molecule has 0 saturated carbocycles. The molecule has 0 fully saturated rings. The summed E-state index contributed by atoms with van der Waals surface area (Å²) in [5, 5.41) is 11.9. The van der Waals surface area contributed by atoms with E-state index in [0.29, 0.717) is 11.5 Å². The SMILES string of the molecule is CCCCCCCCCCc1cc([O-])cc(Oc2ccc(S(=O)(=O)O)cc2)c1.[Na+]. The molecular formula is C22H29NaO5S. The van der Waals surface area contributed by atoms with E-state index in [1.165, 1.54) is 68.9 Å². The van der Waals surface area contributed by atoms with Crippen molar-refractivity contribution >= 4 is 10.1 Å². The molecular weight excluding hydrogens is 399 g/mol. The van der Waals surface area contributed by atoms with Gasteiger partial charge in [-0.1, -0.05) is 57.9 Å². The Balaban J connectivity index is 0.00000420. The standard InChI is InChI=1S/C22H30O5S.Na/c1-2-3-4-5-6-7-8-9-10-18-15-19(23)17-21(16-18)27-20-11-13-22(14-12-20)28(24,25)26;/h11-17,23H,2-10H2,1H3,(H,24,25,26);/q;+1/p-1. The van der Waals surface area contributed by atoms with Crippen molar-refractivity contribution in [2.45, 2.75) is 69.6 Å². The third-order valence-electron chi connectivity index (χ3n) is 4.62. The molecule has 0 saturated heterocycles. The normalized spacial score (nSPS) is 11.1. The molecule has 0 bridgehead atoms. The summed E-state index contributed by atoms with van der Waals surface area (Å²) in [4.78, 5) is -0.201. The Bertz CT molecular complexity index is 835. The van der Waals surface area contributed by atoms with Gasteiger partial charge in [0, 0.05) is 0 Å². The van der Waals surface area contributed by atoms with E-state index in [0.717, 1.165) is 24.8 Å². The fourth-order valence-electron chi connectivity index (χ4n) is 3.11. The van der Waals surface area contributed by atoms with Crippen molar-refractivity contribution in [1.82, 2.24) is 0 Å². The van der Waals surface area contributed by atoms with E-state index >= 15 is 0 Å². The van der Waals surface area contributed by atoms with Gasteiger partial charge in [0.1, 0.15) is 11.5 Å². The van der Waals surface area contributed by atoms with Gasteiger partial charge in [0.05, 0.1) is 4.90 Å². The minimum absolute atomic E-state index is 0. The number of rotatable bonds is 12. The number of hydrogen-bond donors (Lipinski definition) is 1. The van der Waals surface area contributed by atoms with Gasteiger partial charge in [0.15, 0.2) is 0 Å². The van der Waals surface area contributed by atoms with Crippen LogP contribution in [0.1, 0.15) is 63.9 Å². The number of unbranched alkanes of at least 4 members (excludes halogenated alkanes) is 7. The van der Waals surface area contributed by atoms with E-state index in [1.54, 1.807) is 6.07 Å². The van der Waals surface area contributed by atoms with Crippen LogP contribution >= 0.6 is 0 Å². The maximum absolute atomic E-state index is 11.9. The molecule has 0 aliphatic heterocycles. The molecule has 0 amide bonds. The van der Waals surface area contributed by atoms with Crippen molar-refractivity contribution in [3.63, 3.8) is 0 Å². The summed E-state index contributed by atoms with van der Waals surface area (Å²) in [7, 11) is -4.23. The monoisotopic (exact) mass is 428 g/mol. The smallest absolute Gasteiger partial charge is 0.872 e. The average molecular weight is 429 g/mol. The van der Waals surface area contributed by atoms with Crippen molar-refractivity contribution in [1.29, 1.82) is 0 Å². The second-order valence-corrected chi connectivity index (χ2v) is 8.51. The largest absolute Gasteiger partial charge is 1.00 e. The molecule has 154 valence electrons. The predicted octanol–water partition coefficient (Wildman–Crippen LogP) is 2.49. The molecule has 2 rings (SSSR count). The molecule has 2 aromatic carbocycles. The van der Waals surface area contributed by atoms with Crippen LogP contribution < -0.4 is 39.4 Å². The summed E-state index contributed by atoms with van der Waals surface area (Å²) in [6.45, 7) is 2.22. The minimum Gasteiger partial charge on any atom is -0.872 e. The van der Waals surface area contributed by atoms with Gasteiger partial charge in [-0.3, -0.25) is 4.55 Å². The van der Waals surface area contributed by atoms with E-state index in [1.807, 2.05) is 6.07 Å². The average Bonchev–Trinajstić information content (AvgIpc) is 2.63. The van der Waals surface area contributed by atoms with E-state index in [2.05, 4.69) is 6.92 Å². The Morgan fingerprint density at radius 3 is 2.03 bits per heavy atom. The van der Waals surface area contributed by atoms with Crippen LogP contribution in [0.15, 0.2) is 47.4 Å². The predicted molar refractivity (Wildman–Crippen MR) is 109 cm³/mol. The fourth-order valence-corrected chi connectivity index (χ4v) is 3.59. The van der Waals surface area contributed by atoms with Gasteiger partial charge < -0.3 is 9.84 Å². The molecule has 0 unspecified atom stereocenters. The first-order valence-electron chi connectivity index (χ1n) is 9.95. The van der Waals surface area contributed by atoms with Crippen molar-refractivity contribution in [2.75, 3.05) is 0 Å². The fraction of sp³-hybridized carbons (Fsp3) is 0.455. The van der Waals surface area contributed by atoms with Crippen molar-refractivity contribution < 1.29 is 52.4 Å². The first-order valence-corrected chi connectivity index (χ1v) is 11.4. The minimum atomic E-state index is -4.23. The molecule has 0 aliphatic carbocycles. The van der Waals surface area contributed by atoms with E-state index in [9.17, 15) is 13.5 Å². The Labute approximate surface area is 196 Å². The number of hydrogen-bond acceptors (Lipinski definition) is 4. The second kappa shape index (κ2) is 13.3. The number of benzene rings is 2. The molecule has 0 radical (unpaired) electrons. The van der Waals surface area contributed by atoms with Gasteiger partial charge in [-0.2, -0.15) is 8.42 Å². The van der Waals surface area contributed by atoms with Crippen LogP contribution in [0.25, 0.3) is 0 Å². The molecule has 0 aliphatic rings. The molecule has 2 aromatic rings. The van der Waals surface area contributed by atoms with Crippen LogP contribution in [-0.4, -0.2) is 13.0 Å². The van der Waals surface area contributed by atoms with Gasteiger partial charge >= 0.3 is 29.6 Å². The van der Waals surface area contributed by atoms with Crippen LogP contribution in [0, 0.1) is 0 Å². The molecule has 5 nitrogen and oxygen atoms in total. The molecule has 29 heavy (non-hydrogen) atoms. The summed E-state index contributed by atoms with van der Waals surface area (Å²) in [5.41, 5.74) is 0.947. The molecule has 0 heterocycles. The number of aryl methyl sites for hydroxylation is 1. The Kier molecular flexibility index (Phi) is 11.9. The van der Waals surface area contributed by atoms with Crippen LogP contribution in [0.3, 0.4) is 0 Å². The van der Waals surface area contributed by atoms with Crippen LogP contribution in [0.2, 0.25) is 0 Å². The number of ether oxygens (including phenoxy) is 1. The quantitative estimate of drug-likeness (QED) is 0.319. The summed E-state index contributed by atoms with van der Waals surface area (Å²) >= 11 is 0. The zero-order valence-corrected chi connectivity index (χ0v) is 20.2. The summed E-state index contributed by atoms with van der Waals surface area (Å²) in [5.74, 6) is 0.722. The van der Waals surface area contributed by atoms with E-state index in [4.69, 9.17) is 9.29 Å². The summed E-state index contributed by atoms with van der Waals surface area (Å²) < 4.78 is 36.8. The third kappa shape index (κ3) is 10.0.